The van der Waals surface area contributed by atoms with Crippen LogP contribution in [0.3, 0.4) is 0 Å². The summed E-state index contributed by atoms with van der Waals surface area (Å²) in [5, 5.41) is 4.74. The first kappa shape index (κ1) is 21.7. The molecular formula is C26H23N3O2S. The van der Waals surface area contributed by atoms with Crippen LogP contribution < -0.4 is 10.0 Å². The van der Waals surface area contributed by atoms with Crippen molar-refractivity contribution in [2.24, 2.45) is 0 Å². The van der Waals surface area contributed by atoms with E-state index in [2.05, 4.69) is 45.4 Å². The Morgan fingerprint density at radius 3 is 2.62 bits per heavy atom. The van der Waals surface area contributed by atoms with Gasteiger partial charge in [0.1, 0.15) is 0 Å². The van der Waals surface area contributed by atoms with Crippen LogP contribution in [0, 0.1) is 12.1 Å². The second kappa shape index (κ2) is 10.2. The van der Waals surface area contributed by atoms with Gasteiger partial charge in [-0.15, -0.1) is 0 Å². The highest BCUT2D eigenvalue weighted by Crippen LogP contribution is 2.22. The largest absolute Gasteiger partial charge is 0.312 e. The van der Waals surface area contributed by atoms with E-state index in [4.69, 9.17) is 0 Å². The van der Waals surface area contributed by atoms with E-state index < -0.39 is 10.0 Å². The van der Waals surface area contributed by atoms with Gasteiger partial charge in [-0.1, -0.05) is 60.7 Å². The van der Waals surface area contributed by atoms with E-state index in [-0.39, 0.29) is 11.4 Å². The van der Waals surface area contributed by atoms with E-state index in [0.29, 0.717) is 18.5 Å². The molecule has 0 fully saturated rings. The Balaban J connectivity index is 1.37. The summed E-state index contributed by atoms with van der Waals surface area (Å²) in [6.45, 7) is 1.38. The molecule has 0 atom stereocenters. The fourth-order valence-electron chi connectivity index (χ4n) is 3.49. The fourth-order valence-corrected chi connectivity index (χ4v) is 4.75. The van der Waals surface area contributed by atoms with Crippen molar-refractivity contribution >= 4 is 26.4 Å². The van der Waals surface area contributed by atoms with E-state index in [1.54, 1.807) is 30.6 Å². The molecule has 5 nitrogen and oxygen atoms in total. The van der Waals surface area contributed by atoms with Crippen LogP contribution in [-0.4, -0.2) is 33.0 Å². The van der Waals surface area contributed by atoms with Crippen molar-refractivity contribution in [3.8, 4) is 0 Å². The zero-order chi connectivity index (χ0) is 22.2. The van der Waals surface area contributed by atoms with E-state index in [1.165, 1.54) is 0 Å². The molecule has 0 spiro atoms. The second-order valence-corrected chi connectivity index (χ2v) is 8.90. The Hall–Kier alpha value is -3.50. The molecule has 0 amide bonds. The van der Waals surface area contributed by atoms with E-state index in [1.807, 2.05) is 42.5 Å². The van der Waals surface area contributed by atoms with Crippen molar-refractivity contribution in [1.82, 2.24) is 15.0 Å². The van der Waals surface area contributed by atoms with Gasteiger partial charge >= 0.3 is 0 Å². The summed E-state index contributed by atoms with van der Waals surface area (Å²) in [7, 11) is -3.62. The molecule has 0 unspecified atom stereocenters. The maximum absolute atomic E-state index is 12.8. The number of aromatic nitrogens is 1. The molecule has 0 saturated carbocycles. The highest BCUT2D eigenvalue weighted by Gasteiger charge is 2.16. The van der Waals surface area contributed by atoms with Crippen LogP contribution >= 0.6 is 0 Å². The molecule has 0 aliphatic rings. The van der Waals surface area contributed by atoms with Gasteiger partial charge in [0.2, 0.25) is 10.0 Å². The zero-order valence-corrected chi connectivity index (χ0v) is 18.3. The number of nitrogens with one attached hydrogen (secondary N) is 2. The van der Waals surface area contributed by atoms with Crippen molar-refractivity contribution in [3.63, 3.8) is 0 Å². The number of nitrogens with zero attached hydrogens (tertiary/aromatic N) is 1. The number of hydrogen-bond donors (Lipinski definition) is 2. The molecule has 4 aromatic rings. The van der Waals surface area contributed by atoms with Gasteiger partial charge < -0.3 is 5.32 Å². The van der Waals surface area contributed by atoms with Crippen LogP contribution in [0.4, 0.5) is 0 Å². The summed E-state index contributed by atoms with van der Waals surface area (Å²) in [6.07, 6.45) is 5.36. The minimum Gasteiger partial charge on any atom is -0.312 e. The summed E-state index contributed by atoms with van der Waals surface area (Å²) in [6, 6.07) is 28.7. The lowest BCUT2D eigenvalue weighted by Gasteiger charge is -2.10. The highest BCUT2D eigenvalue weighted by molar-refractivity contribution is 7.89. The lowest BCUT2D eigenvalue weighted by Crippen LogP contribution is -2.32. The van der Waals surface area contributed by atoms with Gasteiger partial charge in [-0.2, -0.15) is 0 Å². The standard InChI is InChI=1S/C26H23N3O2S/c30-32(31,26-13-7-12-23-20-28-17-15-25(23)26)29-19-18-27-16-14-24(21-8-3-1-4-9-21)22-10-5-2-6-11-22/h1,3-5,7-15,17,20,27,29H,16,18-19H2/b24-14+. The Morgan fingerprint density at radius 1 is 0.938 bits per heavy atom. The van der Waals surface area contributed by atoms with Crippen LogP contribution in [0.5, 0.6) is 0 Å². The average molecular weight is 442 g/mol. The molecule has 1 aromatic heterocycles. The van der Waals surface area contributed by atoms with Crippen LogP contribution in [0.2, 0.25) is 0 Å². The quantitative estimate of drug-likeness (QED) is 0.387. The third kappa shape index (κ3) is 5.21. The topological polar surface area (TPSA) is 71.1 Å². The van der Waals surface area contributed by atoms with Gasteiger partial charge in [-0.3, -0.25) is 4.98 Å². The van der Waals surface area contributed by atoms with Crippen LogP contribution in [-0.2, 0) is 10.0 Å². The molecular weight excluding hydrogens is 418 g/mol. The number of pyridine rings is 1. The molecule has 0 saturated heterocycles. The number of hydrogen-bond acceptors (Lipinski definition) is 4. The van der Waals surface area contributed by atoms with Gasteiger partial charge in [0.15, 0.2) is 0 Å². The molecule has 0 aliphatic carbocycles. The molecule has 2 N–H and O–H groups in total. The molecule has 1 heterocycles. The van der Waals surface area contributed by atoms with Crippen LogP contribution in [0.1, 0.15) is 11.1 Å². The minimum atomic E-state index is -3.62. The Morgan fingerprint density at radius 2 is 1.81 bits per heavy atom. The molecule has 4 rings (SSSR count). The number of fused-ring (bicyclic) bond motifs is 1. The number of benzene rings is 2. The third-order valence-corrected chi connectivity index (χ3v) is 6.55. The van der Waals surface area contributed by atoms with Crippen molar-refractivity contribution in [2.75, 3.05) is 19.6 Å². The summed E-state index contributed by atoms with van der Waals surface area (Å²) in [4.78, 5) is 4.32. The molecule has 0 radical (unpaired) electrons. The first-order valence-electron chi connectivity index (χ1n) is 10.3. The third-order valence-electron chi connectivity index (χ3n) is 5.03. The van der Waals surface area contributed by atoms with Gasteiger partial charge in [0.05, 0.1) is 4.90 Å². The van der Waals surface area contributed by atoms with Gasteiger partial charge in [0, 0.05) is 42.8 Å². The Labute approximate surface area is 188 Å². The van der Waals surface area contributed by atoms with E-state index in [9.17, 15) is 8.42 Å². The Kier molecular flexibility index (Phi) is 6.93. The van der Waals surface area contributed by atoms with E-state index >= 15 is 0 Å². The summed E-state index contributed by atoms with van der Waals surface area (Å²) < 4.78 is 28.2. The predicted molar refractivity (Wildman–Crippen MR) is 127 cm³/mol. The molecule has 0 aliphatic heterocycles. The number of rotatable bonds is 9. The summed E-state index contributed by atoms with van der Waals surface area (Å²) >= 11 is 0. The van der Waals surface area contributed by atoms with Gasteiger partial charge in [0.25, 0.3) is 0 Å². The molecule has 32 heavy (non-hydrogen) atoms. The fraction of sp³-hybridized carbons (Fsp3) is 0.115. The van der Waals surface area contributed by atoms with Crippen molar-refractivity contribution in [3.05, 3.63) is 115 Å². The average Bonchev–Trinajstić information content (AvgIpc) is 2.84. The monoisotopic (exact) mass is 441 g/mol. The maximum atomic E-state index is 12.8. The Bertz CT molecular complexity index is 1260. The van der Waals surface area contributed by atoms with Gasteiger partial charge in [-0.05, 0) is 47.0 Å². The van der Waals surface area contributed by atoms with Crippen molar-refractivity contribution < 1.29 is 8.42 Å². The van der Waals surface area contributed by atoms with Crippen molar-refractivity contribution in [2.45, 2.75) is 4.90 Å². The lowest BCUT2D eigenvalue weighted by molar-refractivity contribution is 0.579. The summed E-state index contributed by atoms with van der Waals surface area (Å²) in [5.41, 5.74) is 3.26. The predicted octanol–water partition coefficient (Wildman–Crippen LogP) is 3.83. The van der Waals surface area contributed by atoms with E-state index in [0.717, 1.165) is 22.1 Å². The van der Waals surface area contributed by atoms with Gasteiger partial charge in [-0.25, -0.2) is 13.1 Å². The van der Waals surface area contributed by atoms with Crippen LogP contribution in [0.25, 0.3) is 16.3 Å². The maximum Gasteiger partial charge on any atom is 0.241 e. The second-order valence-electron chi connectivity index (χ2n) is 7.16. The minimum absolute atomic E-state index is 0.265. The lowest BCUT2D eigenvalue weighted by atomic mass is 9.98. The van der Waals surface area contributed by atoms with Crippen molar-refractivity contribution in [1.29, 1.82) is 0 Å². The smallest absolute Gasteiger partial charge is 0.241 e. The highest BCUT2D eigenvalue weighted by atomic mass is 32.2. The molecule has 160 valence electrons. The van der Waals surface area contributed by atoms with Crippen LogP contribution in [0.15, 0.2) is 96.2 Å². The summed E-state index contributed by atoms with van der Waals surface area (Å²) in [5.74, 6) is 0. The molecule has 3 aromatic carbocycles. The normalized spacial score (nSPS) is 11.9. The SMILES string of the molecule is O=S(=O)(NCCNC/C=C(/c1cc#ccc1)c1ccccc1)c1cccc2cnccc12. The first-order valence-corrected chi connectivity index (χ1v) is 11.8. The number of sulfonamides is 1. The molecule has 6 heteroatoms. The molecule has 0 bridgehead atoms. The first-order chi connectivity index (χ1) is 15.6. The zero-order valence-electron chi connectivity index (χ0n) is 17.5.